The summed E-state index contributed by atoms with van der Waals surface area (Å²) < 4.78 is 0. The van der Waals surface area contributed by atoms with Gasteiger partial charge in [-0.3, -0.25) is 4.99 Å². The van der Waals surface area contributed by atoms with Crippen LogP contribution in [0.15, 0.2) is 35.3 Å². The largest absolute Gasteiger partial charge is 0.363 e. The van der Waals surface area contributed by atoms with Crippen molar-refractivity contribution in [1.29, 1.82) is 0 Å². The van der Waals surface area contributed by atoms with Gasteiger partial charge in [0.05, 0.1) is 5.52 Å². The molecular formula is C18H25N5. The quantitative estimate of drug-likeness (QED) is 0.672. The number of rotatable bonds is 4. The van der Waals surface area contributed by atoms with Gasteiger partial charge >= 0.3 is 0 Å². The summed E-state index contributed by atoms with van der Waals surface area (Å²) in [7, 11) is 5.85. The molecule has 0 bridgehead atoms. The van der Waals surface area contributed by atoms with Gasteiger partial charge in [0.25, 0.3) is 0 Å². The van der Waals surface area contributed by atoms with E-state index in [1.807, 2.05) is 32.1 Å². The van der Waals surface area contributed by atoms with E-state index in [0.29, 0.717) is 6.04 Å². The van der Waals surface area contributed by atoms with Crippen LogP contribution >= 0.6 is 0 Å². The summed E-state index contributed by atoms with van der Waals surface area (Å²) in [6, 6.07) is 11.0. The Hall–Kier alpha value is -2.30. The summed E-state index contributed by atoms with van der Waals surface area (Å²) in [5, 5.41) is 8.07. The second-order valence-electron chi connectivity index (χ2n) is 6.44. The average molecular weight is 311 g/mol. The Morgan fingerprint density at radius 2 is 2.09 bits per heavy atom. The van der Waals surface area contributed by atoms with Gasteiger partial charge < -0.3 is 15.5 Å². The van der Waals surface area contributed by atoms with E-state index in [2.05, 4.69) is 46.8 Å². The Labute approximate surface area is 137 Å². The van der Waals surface area contributed by atoms with E-state index in [-0.39, 0.29) is 0 Å². The highest BCUT2D eigenvalue weighted by Gasteiger charge is 2.33. The fourth-order valence-corrected chi connectivity index (χ4v) is 2.68. The van der Waals surface area contributed by atoms with Crippen LogP contribution in [0.2, 0.25) is 0 Å². The fraction of sp³-hybridized carbons (Fsp3) is 0.444. The molecule has 1 saturated carbocycles. The van der Waals surface area contributed by atoms with Crippen molar-refractivity contribution >= 4 is 22.7 Å². The van der Waals surface area contributed by atoms with Crippen molar-refractivity contribution in [2.45, 2.75) is 25.9 Å². The number of pyridine rings is 1. The number of nitrogens with one attached hydrogen (secondary N) is 2. The smallest absolute Gasteiger partial charge is 0.191 e. The lowest BCUT2D eigenvalue weighted by Gasteiger charge is -2.17. The van der Waals surface area contributed by atoms with E-state index < -0.39 is 0 Å². The number of nitrogens with zero attached hydrogens (tertiary/aromatic N) is 3. The minimum absolute atomic E-state index is 0.563. The molecule has 1 fully saturated rings. The topological polar surface area (TPSA) is 52.6 Å². The Kier molecular flexibility index (Phi) is 4.37. The van der Waals surface area contributed by atoms with E-state index in [0.717, 1.165) is 29.8 Å². The highest BCUT2D eigenvalue weighted by atomic mass is 15.2. The molecule has 1 heterocycles. The van der Waals surface area contributed by atoms with Crippen LogP contribution in [0.25, 0.3) is 10.9 Å². The summed E-state index contributed by atoms with van der Waals surface area (Å²) >= 11 is 0. The number of anilines is 1. The summed E-state index contributed by atoms with van der Waals surface area (Å²) in [5.41, 5.74) is 2.25. The first-order valence-corrected chi connectivity index (χ1v) is 8.11. The third-order valence-corrected chi connectivity index (χ3v) is 4.35. The minimum Gasteiger partial charge on any atom is -0.363 e. The van der Waals surface area contributed by atoms with Gasteiger partial charge in [-0.2, -0.15) is 0 Å². The van der Waals surface area contributed by atoms with Crippen LogP contribution in [0, 0.1) is 5.92 Å². The van der Waals surface area contributed by atoms with Crippen LogP contribution in [-0.4, -0.2) is 38.1 Å². The summed E-state index contributed by atoms with van der Waals surface area (Å²) in [5.74, 6) is 2.58. The third kappa shape index (κ3) is 3.55. The lowest BCUT2D eigenvalue weighted by molar-refractivity contribution is 0.764. The molecule has 122 valence electrons. The number of guanidine groups is 1. The first kappa shape index (κ1) is 15.6. The lowest BCUT2D eigenvalue weighted by atomic mass is 10.1. The monoisotopic (exact) mass is 311 g/mol. The van der Waals surface area contributed by atoms with Crippen LogP contribution in [0.5, 0.6) is 0 Å². The molecule has 2 N–H and O–H groups in total. The number of hydrogen-bond acceptors (Lipinski definition) is 3. The Morgan fingerprint density at radius 1 is 1.35 bits per heavy atom. The minimum atomic E-state index is 0.563. The SMILES string of the molecule is CN=C(NCc1cc(N(C)C)nc2ccccc12)NC1CC1C. The average Bonchev–Trinajstić information content (AvgIpc) is 3.25. The van der Waals surface area contributed by atoms with E-state index >= 15 is 0 Å². The predicted octanol–water partition coefficient (Wildman–Crippen LogP) is 2.37. The van der Waals surface area contributed by atoms with Crippen molar-refractivity contribution in [3.63, 3.8) is 0 Å². The number of para-hydroxylation sites is 1. The van der Waals surface area contributed by atoms with E-state index in [4.69, 9.17) is 4.98 Å². The molecule has 0 radical (unpaired) electrons. The van der Waals surface area contributed by atoms with Gasteiger partial charge in [-0.15, -0.1) is 0 Å². The maximum absolute atomic E-state index is 4.70. The van der Waals surface area contributed by atoms with E-state index in [9.17, 15) is 0 Å². The molecule has 0 aliphatic heterocycles. The maximum Gasteiger partial charge on any atom is 0.191 e. The van der Waals surface area contributed by atoms with Crippen LogP contribution < -0.4 is 15.5 Å². The lowest BCUT2D eigenvalue weighted by Crippen LogP contribution is -2.38. The second-order valence-corrected chi connectivity index (χ2v) is 6.44. The standard InChI is InChI=1S/C18H25N5/c1-12-9-16(12)22-18(19-2)20-11-13-10-17(23(3)4)21-15-8-6-5-7-14(13)15/h5-8,10,12,16H,9,11H2,1-4H3,(H2,19,20,22). The molecule has 2 atom stereocenters. The third-order valence-electron chi connectivity index (χ3n) is 4.35. The van der Waals surface area contributed by atoms with Gasteiger partial charge in [-0.1, -0.05) is 25.1 Å². The summed E-state index contributed by atoms with van der Waals surface area (Å²) in [4.78, 5) is 11.1. The van der Waals surface area contributed by atoms with Gasteiger partial charge in [0.1, 0.15) is 5.82 Å². The van der Waals surface area contributed by atoms with Gasteiger partial charge in [-0.05, 0) is 30.0 Å². The van der Waals surface area contributed by atoms with Crippen LogP contribution in [0.1, 0.15) is 18.9 Å². The number of aromatic nitrogens is 1. The summed E-state index contributed by atoms with van der Waals surface area (Å²) in [6.45, 7) is 2.98. The zero-order valence-electron chi connectivity index (χ0n) is 14.3. The maximum atomic E-state index is 4.70. The Bertz CT molecular complexity index is 722. The summed E-state index contributed by atoms with van der Waals surface area (Å²) in [6.07, 6.45) is 1.23. The second kappa shape index (κ2) is 6.44. The first-order valence-electron chi connectivity index (χ1n) is 8.11. The molecule has 1 aromatic carbocycles. The van der Waals surface area contributed by atoms with Gasteiger partial charge in [-0.25, -0.2) is 4.98 Å². The van der Waals surface area contributed by atoms with E-state index in [1.165, 1.54) is 17.4 Å². The molecule has 0 spiro atoms. The number of fused-ring (bicyclic) bond motifs is 1. The molecule has 1 aromatic heterocycles. The predicted molar refractivity (Wildman–Crippen MR) is 97.0 cm³/mol. The zero-order valence-corrected chi connectivity index (χ0v) is 14.3. The molecule has 5 heteroatoms. The van der Waals surface area contributed by atoms with Crippen molar-refractivity contribution in [2.75, 3.05) is 26.0 Å². The molecule has 3 rings (SSSR count). The van der Waals surface area contributed by atoms with Crippen LogP contribution in [0.3, 0.4) is 0 Å². The molecule has 2 unspecified atom stereocenters. The number of aliphatic imine (C=N–C) groups is 1. The molecule has 0 amide bonds. The van der Waals surface area contributed by atoms with Gasteiger partial charge in [0.15, 0.2) is 5.96 Å². The highest BCUT2D eigenvalue weighted by molar-refractivity contribution is 5.85. The van der Waals surface area contributed by atoms with E-state index in [1.54, 1.807) is 0 Å². The molecule has 0 saturated heterocycles. The van der Waals surface area contributed by atoms with Crippen LogP contribution in [0.4, 0.5) is 5.82 Å². The highest BCUT2D eigenvalue weighted by Crippen LogP contribution is 2.28. The first-order chi connectivity index (χ1) is 11.1. The van der Waals surface area contributed by atoms with Gasteiger partial charge in [0.2, 0.25) is 0 Å². The molecule has 1 aliphatic rings. The molecule has 5 nitrogen and oxygen atoms in total. The number of hydrogen-bond donors (Lipinski definition) is 2. The van der Waals surface area contributed by atoms with Gasteiger partial charge in [0, 0.05) is 39.1 Å². The van der Waals surface area contributed by atoms with Crippen LogP contribution in [-0.2, 0) is 6.54 Å². The van der Waals surface area contributed by atoms with Crippen molar-refractivity contribution in [1.82, 2.24) is 15.6 Å². The molecule has 23 heavy (non-hydrogen) atoms. The Balaban J connectivity index is 1.80. The normalized spacial score (nSPS) is 20.4. The van der Waals surface area contributed by atoms with Crippen molar-refractivity contribution in [3.05, 3.63) is 35.9 Å². The molecule has 1 aliphatic carbocycles. The Morgan fingerprint density at radius 3 is 2.74 bits per heavy atom. The zero-order chi connectivity index (χ0) is 16.4. The number of benzene rings is 1. The van der Waals surface area contributed by atoms with Crippen molar-refractivity contribution in [3.8, 4) is 0 Å². The molecular weight excluding hydrogens is 286 g/mol. The molecule has 2 aromatic rings. The van der Waals surface area contributed by atoms with Crippen molar-refractivity contribution < 1.29 is 0 Å². The fourth-order valence-electron chi connectivity index (χ4n) is 2.68. The van der Waals surface area contributed by atoms with Crippen molar-refractivity contribution in [2.24, 2.45) is 10.9 Å².